The Labute approximate surface area is 159 Å². The number of anilines is 1. The van der Waals surface area contributed by atoms with Crippen LogP contribution < -0.4 is 14.8 Å². The molecule has 3 aromatic rings. The van der Waals surface area contributed by atoms with Crippen molar-refractivity contribution in [1.82, 2.24) is 9.97 Å². The lowest BCUT2D eigenvalue weighted by Crippen LogP contribution is -2.15. The number of hydrogen-bond acceptors (Lipinski definition) is 5. The molecule has 8 heteroatoms. The summed E-state index contributed by atoms with van der Waals surface area (Å²) in [6.45, 7) is 2.24. The number of nitrogens with one attached hydrogen (secondary N) is 1. The molecule has 2 heterocycles. The number of hydrogen-bond donors (Lipinski definition) is 1. The van der Waals surface area contributed by atoms with Crippen LogP contribution in [0.3, 0.4) is 0 Å². The Balaban J connectivity index is 1.68. The van der Waals surface area contributed by atoms with Gasteiger partial charge in [0, 0.05) is 12.1 Å². The van der Waals surface area contributed by atoms with Crippen molar-refractivity contribution in [3.63, 3.8) is 0 Å². The van der Waals surface area contributed by atoms with Crippen molar-refractivity contribution in [2.45, 2.75) is 6.92 Å². The van der Waals surface area contributed by atoms with E-state index in [1.165, 1.54) is 30.5 Å². The van der Waals surface area contributed by atoms with E-state index in [-0.39, 0.29) is 16.5 Å². The number of carbonyl (C=O) groups is 1. The Hall–Kier alpha value is -3.19. The Morgan fingerprint density at radius 2 is 1.85 bits per heavy atom. The van der Waals surface area contributed by atoms with Crippen LogP contribution in [0.1, 0.15) is 17.4 Å². The molecule has 3 rings (SSSR count). The van der Waals surface area contributed by atoms with Gasteiger partial charge in [-0.25, -0.2) is 14.4 Å². The highest BCUT2D eigenvalue weighted by molar-refractivity contribution is 6.34. The highest BCUT2D eigenvalue weighted by Crippen LogP contribution is 2.22. The van der Waals surface area contributed by atoms with Gasteiger partial charge in [-0.3, -0.25) is 4.79 Å². The van der Waals surface area contributed by atoms with Crippen LogP contribution in [-0.4, -0.2) is 22.5 Å². The van der Waals surface area contributed by atoms with Gasteiger partial charge in [0.2, 0.25) is 11.8 Å². The first kappa shape index (κ1) is 18.6. The molecule has 0 bridgehead atoms. The predicted octanol–water partition coefficient (Wildman–Crippen LogP) is 4.71. The zero-order valence-electron chi connectivity index (χ0n) is 14.3. The van der Waals surface area contributed by atoms with E-state index in [9.17, 15) is 9.18 Å². The number of rotatable bonds is 6. The summed E-state index contributed by atoms with van der Waals surface area (Å²) in [5.41, 5.74) is 0.486. The second kappa shape index (κ2) is 8.46. The summed E-state index contributed by atoms with van der Waals surface area (Å²) in [6.07, 6.45) is 1.43. The normalized spacial score (nSPS) is 10.3. The standard InChI is InChI=1S/C19H15ClFN3O3/c1-2-26-17-10-8-15(20)18(24-17)19(25)23-13-5-9-16(22-11-13)27-14-6-3-12(21)4-7-14/h3-11H,2H2,1H3,(H,23,25). The van der Waals surface area contributed by atoms with E-state index in [1.807, 2.05) is 6.92 Å². The monoisotopic (exact) mass is 387 g/mol. The molecule has 2 aromatic heterocycles. The van der Waals surface area contributed by atoms with E-state index < -0.39 is 5.91 Å². The van der Waals surface area contributed by atoms with Crippen LogP contribution in [0.25, 0.3) is 0 Å². The molecule has 0 aliphatic carbocycles. The van der Waals surface area contributed by atoms with E-state index in [4.69, 9.17) is 21.1 Å². The first-order valence-electron chi connectivity index (χ1n) is 8.05. The fourth-order valence-electron chi connectivity index (χ4n) is 2.14. The number of halogens is 2. The van der Waals surface area contributed by atoms with Crippen LogP contribution in [0.5, 0.6) is 17.5 Å². The summed E-state index contributed by atoms with van der Waals surface area (Å²) in [6, 6.07) is 11.9. The number of ether oxygens (including phenoxy) is 2. The van der Waals surface area contributed by atoms with Gasteiger partial charge in [0.25, 0.3) is 5.91 Å². The maximum Gasteiger partial charge on any atom is 0.276 e. The zero-order valence-corrected chi connectivity index (χ0v) is 15.0. The van der Waals surface area contributed by atoms with Crippen LogP contribution in [0.15, 0.2) is 54.7 Å². The third-order valence-electron chi connectivity index (χ3n) is 3.36. The SMILES string of the molecule is CCOc1ccc(Cl)c(C(=O)Nc2ccc(Oc3ccc(F)cc3)nc2)n1. The average Bonchev–Trinajstić information content (AvgIpc) is 2.67. The topological polar surface area (TPSA) is 73.3 Å². The van der Waals surface area contributed by atoms with Crippen molar-refractivity contribution in [2.24, 2.45) is 0 Å². The Bertz CT molecular complexity index is 934. The van der Waals surface area contributed by atoms with Gasteiger partial charge < -0.3 is 14.8 Å². The molecule has 0 aliphatic heterocycles. The number of aromatic nitrogens is 2. The van der Waals surface area contributed by atoms with Crippen LogP contribution in [-0.2, 0) is 0 Å². The van der Waals surface area contributed by atoms with Crippen molar-refractivity contribution in [3.8, 4) is 17.5 Å². The summed E-state index contributed by atoms with van der Waals surface area (Å²) in [5, 5.41) is 2.87. The predicted molar refractivity (Wildman–Crippen MR) is 99.1 cm³/mol. The number of benzene rings is 1. The van der Waals surface area contributed by atoms with E-state index in [0.29, 0.717) is 29.8 Å². The molecule has 0 fully saturated rings. The van der Waals surface area contributed by atoms with Gasteiger partial charge in [-0.15, -0.1) is 0 Å². The molecule has 0 unspecified atom stereocenters. The van der Waals surface area contributed by atoms with Gasteiger partial charge in [-0.05, 0) is 43.3 Å². The van der Waals surface area contributed by atoms with Crippen molar-refractivity contribution >= 4 is 23.2 Å². The zero-order chi connectivity index (χ0) is 19.2. The lowest BCUT2D eigenvalue weighted by Gasteiger charge is -2.09. The van der Waals surface area contributed by atoms with Gasteiger partial charge in [0.15, 0.2) is 5.69 Å². The summed E-state index contributed by atoms with van der Waals surface area (Å²) >= 11 is 6.04. The molecule has 0 saturated carbocycles. The quantitative estimate of drug-likeness (QED) is 0.663. The molecule has 0 atom stereocenters. The minimum atomic E-state index is -0.490. The molecular formula is C19H15ClFN3O3. The molecule has 6 nitrogen and oxygen atoms in total. The van der Waals surface area contributed by atoms with E-state index in [0.717, 1.165) is 0 Å². The summed E-state index contributed by atoms with van der Waals surface area (Å²) in [5.74, 6) is 0.219. The minimum absolute atomic E-state index is 0.0502. The van der Waals surface area contributed by atoms with Gasteiger partial charge >= 0.3 is 0 Å². The first-order valence-corrected chi connectivity index (χ1v) is 8.43. The first-order chi connectivity index (χ1) is 13.0. The molecular weight excluding hydrogens is 373 g/mol. The highest BCUT2D eigenvalue weighted by atomic mass is 35.5. The molecule has 1 N–H and O–H groups in total. The Kier molecular flexibility index (Phi) is 5.83. The molecule has 0 spiro atoms. The van der Waals surface area contributed by atoms with Gasteiger partial charge in [0.05, 0.1) is 23.5 Å². The summed E-state index contributed by atoms with van der Waals surface area (Å²) in [4.78, 5) is 20.6. The molecule has 27 heavy (non-hydrogen) atoms. The summed E-state index contributed by atoms with van der Waals surface area (Å²) in [7, 11) is 0. The van der Waals surface area contributed by atoms with Gasteiger partial charge in [-0.2, -0.15) is 0 Å². The Morgan fingerprint density at radius 1 is 1.11 bits per heavy atom. The number of pyridine rings is 2. The second-order valence-corrected chi connectivity index (χ2v) is 5.72. The van der Waals surface area contributed by atoms with Crippen LogP contribution >= 0.6 is 11.6 Å². The third-order valence-corrected chi connectivity index (χ3v) is 3.66. The second-order valence-electron chi connectivity index (χ2n) is 5.31. The minimum Gasteiger partial charge on any atom is -0.478 e. The molecule has 0 aliphatic rings. The van der Waals surface area contributed by atoms with Gasteiger partial charge in [0.1, 0.15) is 11.6 Å². The van der Waals surface area contributed by atoms with Crippen LogP contribution in [0.4, 0.5) is 10.1 Å². The smallest absolute Gasteiger partial charge is 0.276 e. The number of carbonyl (C=O) groups excluding carboxylic acids is 1. The van der Waals surface area contributed by atoms with E-state index in [1.54, 1.807) is 24.3 Å². The lowest BCUT2D eigenvalue weighted by molar-refractivity contribution is 0.102. The molecule has 0 saturated heterocycles. The fourth-order valence-corrected chi connectivity index (χ4v) is 2.33. The maximum atomic E-state index is 12.9. The van der Waals surface area contributed by atoms with E-state index in [2.05, 4.69) is 15.3 Å². The Morgan fingerprint density at radius 3 is 2.52 bits per heavy atom. The molecule has 1 amide bonds. The maximum absolute atomic E-state index is 12.9. The molecule has 138 valence electrons. The van der Waals surface area contributed by atoms with Crippen molar-refractivity contribution in [2.75, 3.05) is 11.9 Å². The van der Waals surface area contributed by atoms with Crippen LogP contribution in [0.2, 0.25) is 5.02 Å². The molecule has 0 radical (unpaired) electrons. The molecule has 1 aromatic carbocycles. The van der Waals surface area contributed by atoms with Crippen molar-refractivity contribution in [1.29, 1.82) is 0 Å². The van der Waals surface area contributed by atoms with Crippen molar-refractivity contribution in [3.05, 3.63) is 71.3 Å². The highest BCUT2D eigenvalue weighted by Gasteiger charge is 2.14. The van der Waals surface area contributed by atoms with Gasteiger partial charge in [-0.1, -0.05) is 11.6 Å². The number of nitrogens with zero attached hydrogens (tertiary/aromatic N) is 2. The lowest BCUT2D eigenvalue weighted by atomic mass is 10.3. The largest absolute Gasteiger partial charge is 0.478 e. The average molecular weight is 388 g/mol. The fraction of sp³-hybridized carbons (Fsp3) is 0.105. The summed E-state index contributed by atoms with van der Waals surface area (Å²) < 4.78 is 23.7. The van der Waals surface area contributed by atoms with E-state index >= 15 is 0 Å². The van der Waals surface area contributed by atoms with Crippen molar-refractivity contribution < 1.29 is 18.7 Å². The third kappa shape index (κ3) is 4.92. The van der Waals surface area contributed by atoms with Crippen LogP contribution in [0, 0.1) is 5.82 Å². The number of amides is 1.